The van der Waals surface area contributed by atoms with Crippen molar-refractivity contribution in [3.05, 3.63) is 96.2 Å². The second-order valence-electron chi connectivity index (χ2n) is 13.4. The van der Waals surface area contributed by atoms with Crippen molar-refractivity contribution in [2.45, 2.75) is 64.9 Å². The molecule has 11 nitrogen and oxygen atoms in total. The minimum absolute atomic E-state index is 0.0122. The van der Waals surface area contributed by atoms with Crippen molar-refractivity contribution in [1.29, 1.82) is 0 Å². The van der Waals surface area contributed by atoms with Gasteiger partial charge in [0.25, 0.3) is 11.5 Å². The van der Waals surface area contributed by atoms with Crippen molar-refractivity contribution in [2.75, 3.05) is 25.6 Å². The van der Waals surface area contributed by atoms with Crippen LogP contribution in [-0.2, 0) is 36.5 Å². The van der Waals surface area contributed by atoms with E-state index in [2.05, 4.69) is 37.5 Å². The number of nitrogens with one attached hydrogen (secondary N) is 2. The van der Waals surface area contributed by atoms with Gasteiger partial charge in [0.15, 0.2) is 0 Å². The standard InChI is InChI=1S/C28H24Cl2N4O4.C11H21NO2/c1-33-14-20(27(36)34(2)28(33)37)25(35)31-21-12-6-10-18(24(21)30)17-9-5-11-19(23(17)29)22-13-15-7-4-8-16(15)26(32-22)38-3;1-4-9(3)6-11(5-2)8-12-10(13)7-14-11/h5-6,9-14H,4,7-8H2,1-3H3,(H,31,35);9H,4-8H2,1-3H3,(H,12,13). The highest BCUT2D eigenvalue weighted by atomic mass is 35.5. The van der Waals surface area contributed by atoms with E-state index in [1.807, 2.05) is 18.2 Å². The smallest absolute Gasteiger partial charge is 0.330 e. The van der Waals surface area contributed by atoms with Crippen LogP contribution in [0.15, 0.2) is 58.3 Å². The van der Waals surface area contributed by atoms with Crippen LogP contribution in [0.25, 0.3) is 22.4 Å². The van der Waals surface area contributed by atoms with Crippen LogP contribution in [0.4, 0.5) is 5.69 Å². The van der Waals surface area contributed by atoms with E-state index in [0.29, 0.717) is 45.9 Å². The summed E-state index contributed by atoms with van der Waals surface area (Å²) in [6, 6.07) is 12.8. The number of methoxy groups -OCH3 is 1. The number of pyridine rings is 1. The molecular formula is C39H45Cl2N5O6. The molecule has 1 fully saturated rings. The number of hydrogen-bond donors (Lipinski definition) is 2. The lowest BCUT2D eigenvalue weighted by atomic mass is 9.87. The summed E-state index contributed by atoms with van der Waals surface area (Å²) < 4.78 is 13.3. The van der Waals surface area contributed by atoms with Gasteiger partial charge in [-0.3, -0.25) is 19.0 Å². The summed E-state index contributed by atoms with van der Waals surface area (Å²) >= 11 is 13.7. The first-order chi connectivity index (χ1) is 24.8. The van der Waals surface area contributed by atoms with E-state index in [1.165, 1.54) is 36.8 Å². The van der Waals surface area contributed by atoms with Crippen LogP contribution < -0.4 is 26.6 Å². The van der Waals surface area contributed by atoms with Crippen LogP contribution in [0.3, 0.4) is 0 Å². The Bertz CT molecular complexity index is 2100. The Morgan fingerprint density at radius 3 is 2.40 bits per heavy atom. The fourth-order valence-corrected chi connectivity index (χ4v) is 7.24. The van der Waals surface area contributed by atoms with Crippen molar-refractivity contribution in [2.24, 2.45) is 20.0 Å². The highest BCUT2D eigenvalue weighted by molar-refractivity contribution is 6.39. The van der Waals surface area contributed by atoms with Gasteiger partial charge in [-0.25, -0.2) is 9.78 Å². The summed E-state index contributed by atoms with van der Waals surface area (Å²) in [5.41, 5.74) is 3.81. The highest BCUT2D eigenvalue weighted by Gasteiger charge is 2.35. The second-order valence-corrected chi connectivity index (χ2v) is 14.2. The second kappa shape index (κ2) is 16.5. The third kappa shape index (κ3) is 8.11. The summed E-state index contributed by atoms with van der Waals surface area (Å²) in [6.07, 6.45) is 7.35. The molecule has 0 bridgehead atoms. The van der Waals surface area contributed by atoms with Crippen molar-refractivity contribution in [3.8, 4) is 28.3 Å². The van der Waals surface area contributed by atoms with E-state index in [0.717, 1.165) is 47.8 Å². The molecule has 1 aliphatic heterocycles. The number of amides is 2. The third-order valence-corrected chi connectivity index (χ3v) is 10.7. The van der Waals surface area contributed by atoms with E-state index >= 15 is 0 Å². The van der Waals surface area contributed by atoms with Crippen molar-refractivity contribution >= 4 is 40.7 Å². The molecule has 13 heteroatoms. The number of fused-ring (bicyclic) bond motifs is 1. The van der Waals surface area contributed by atoms with Crippen molar-refractivity contribution in [1.82, 2.24) is 19.4 Å². The molecule has 2 atom stereocenters. The van der Waals surface area contributed by atoms with E-state index in [-0.39, 0.29) is 28.7 Å². The third-order valence-electron chi connectivity index (χ3n) is 9.93. The van der Waals surface area contributed by atoms with Gasteiger partial charge in [0.1, 0.15) is 12.2 Å². The largest absolute Gasteiger partial charge is 0.481 e. The molecule has 0 saturated carbocycles. The highest BCUT2D eigenvalue weighted by Crippen LogP contribution is 2.42. The maximum Gasteiger partial charge on any atom is 0.330 e. The molecular weight excluding hydrogens is 705 g/mol. The van der Waals surface area contributed by atoms with Gasteiger partial charge in [-0.15, -0.1) is 0 Å². The van der Waals surface area contributed by atoms with Gasteiger partial charge in [0.2, 0.25) is 11.8 Å². The number of carbonyl (C=O) groups is 2. The first-order valence-electron chi connectivity index (χ1n) is 17.5. The maximum absolute atomic E-state index is 13.0. The molecule has 2 N–H and O–H groups in total. The molecule has 2 aromatic carbocycles. The molecule has 0 spiro atoms. The molecule has 0 radical (unpaired) electrons. The molecule has 3 heterocycles. The van der Waals surface area contributed by atoms with Crippen LogP contribution in [0, 0.1) is 5.92 Å². The summed E-state index contributed by atoms with van der Waals surface area (Å²) in [6.45, 7) is 7.45. The van der Waals surface area contributed by atoms with Crippen LogP contribution in [0.1, 0.15) is 67.9 Å². The average Bonchev–Trinajstić information content (AvgIpc) is 3.63. The Labute approximate surface area is 313 Å². The normalized spacial score (nSPS) is 17.0. The molecule has 2 unspecified atom stereocenters. The number of ether oxygens (including phenoxy) is 2. The van der Waals surface area contributed by atoms with Gasteiger partial charge in [0, 0.05) is 49.1 Å². The summed E-state index contributed by atoms with van der Waals surface area (Å²) in [7, 11) is 4.40. The number of nitrogens with zero attached hydrogens (tertiary/aromatic N) is 3. The maximum atomic E-state index is 13.0. The first kappa shape index (κ1) is 38.8. The SMILES string of the molecule is CCC(C)CC1(CC)CNC(=O)CO1.COc1nc(-c2cccc(-c3cccc(NC(=O)c4cn(C)c(=O)n(C)c4=O)c3Cl)c2Cl)cc2c1CCC2. The Hall–Kier alpha value is -4.45. The van der Waals surface area contributed by atoms with Gasteiger partial charge < -0.3 is 24.7 Å². The quantitative estimate of drug-likeness (QED) is 0.197. The molecule has 2 aromatic heterocycles. The average molecular weight is 751 g/mol. The number of rotatable bonds is 9. The Kier molecular flexibility index (Phi) is 12.3. The van der Waals surface area contributed by atoms with Gasteiger partial charge >= 0.3 is 5.69 Å². The van der Waals surface area contributed by atoms with Crippen LogP contribution in [-0.4, -0.2) is 51.8 Å². The van der Waals surface area contributed by atoms with Crippen LogP contribution in [0.5, 0.6) is 5.88 Å². The Morgan fingerprint density at radius 2 is 1.75 bits per heavy atom. The van der Waals surface area contributed by atoms with Gasteiger partial charge in [-0.1, -0.05) is 80.7 Å². The van der Waals surface area contributed by atoms with Crippen molar-refractivity contribution in [3.63, 3.8) is 0 Å². The minimum atomic E-state index is -0.703. The van der Waals surface area contributed by atoms with Crippen LogP contribution >= 0.6 is 23.2 Å². The van der Waals surface area contributed by atoms with E-state index in [1.54, 1.807) is 25.3 Å². The molecule has 276 valence electrons. The Morgan fingerprint density at radius 1 is 1.06 bits per heavy atom. The van der Waals surface area contributed by atoms with Crippen molar-refractivity contribution < 1.29 is 19.1 Å². The van der Waals surface area contributed by atoms with Crippen LogP contribution in [0.2, 0.25) is 10.0 Å². The zero-order chi connectivity index (χ0) is 37.7. The first-order valence-corrected chi connectivity index (χ1v) is 18.2. The van der Waals surface area contributed by atoms with E-state index in [9.17, 15) is 19.2 Å². The number of hydrogen-bond acceptors (Lipinski definition) is 7. The predicted octanol–water partition coefficient (Wildman–Crippen LogP) is 6.59. The summed E-state index contributed by atoms with van der Waals surface area (Å²) in [5.74, 6) is 0.599. The number of aromatic nitrogens is 3. The lowest BCUT2D eigenvalue weighted by Crippen LogP contribution is -2.52. The summed E-state index contributed by atoms with van der Waals surface area (Å²) in [5, 5.41) is 6.29. The number of aryl methyl sites for hydroxylation is 2. The molecule has 6 rings (SSSR count). The molecule has 2 aliphatic rings. The monoisotopic (exact) mass is 749 g/mol. The number of benzene rings is 2. The molecule has 52 heavy (non-hydrogen) atoms. The minimum Gasteiger partial charge on any atom is -0.481 e. The molecule has 1 aliphatic carbocycles. The number of morpholine rings is 1. The van der Waals surface area contributed by atoms with Gasteiger partial charge in [-0.05, 0) is 55.7 Å². The predicted molar refractivity (Wildman–Crippen MR) is 205 cm³/mol. The van der Waals surface area contributed by atoms with Gasteiger partial charge in [0.05, 0.1) is 34.1 Å². The fourth-order valence-electron chi connectivity index (χ4n) is 6.64. The zero-order valence-corrected chi connectivity index (χ0v) is 31.9. The molecule has 1 saturated heterocycles. The lowest BCUT2D eigenvalue weighted by molar-refractivity contribution is -0.146. The fraction of sp³-hybridized carbons (Fsp3) is 0.410. The molecule has 4 aromatic rings. The summed E-state index contributed by atoms with van der Waals surface area (Å²) in [4.78, 5) is 53.2. The topological polar surface area (TPSA) is 134 Å². The Balaban J connectivity index is 0.000000314. The molecule has 2 amide bonds. The van der Waals surface area contributed by atoms with Gasteiger partial charge in [-0.2, -0.15) is 0 Å². The van der Waals surface area contributed by atoms with E-state index < -0.39 is 17.2 Å². The number of halogens is 2. The zero-order valence-electron chi connectivity index (χ0n) is 30.4. The van der Waals surface area contributed by atoms with E-state index in [4.69, 9.17) is 37.7 Å². The number of carbonyl (C=O) groups excluding carboxylic acids is 2. The number of anilines is 1. The lowest BCUT2D eigenvalue weighted by Gasteiger charge is -2.38.